The summed E-state index contributed by atoms with van der Waals surface area (Å²) in [6, 6.07) is 6.21. The largest absolute Gasteiger partial charge is 0.457 e. The van der Waals surface area contributed by atoms with Crippen LogP contribution in [0.3, 0.4) is 0 Å². The summed E-state index contributed by atoms with van der Waals surface area (Å²) in [7, 11) is -0.876. The van der Waals surface area contributed by atoms with Crippen molar-refractivity contribution in [2.24, 2.45) is 0 Å². The molecule has 0 unspecified atom stereocenters. The van der Waals surface area contributed by atoms with Gasteiger partial charge in [0, 0.05) is 20.5 Å². The highest BCUT2D eigenvalue weighted by Gasteiger charge is 2.21. The van der Waals surface area contributed by atoms with E-state index in [0.717, 1.165) is 4.31 Å². The summed E-state index contributed by atoms with van der Waals surface area (Å²) in [4.78, 5) is 24.0. The van der Waals surface area contributed by atoms with Gasteiger partial charge in [-0.1, -0.05) is 6.07 Å². The van der Waals surface area contributed by atoms with Gasteiger partial charge < -0.3 is 9.15 Å². The molecule has 0 amide bonds. The van der Waals surface area contributed by atoms with Gasteiger partial charge >= 0.3 is 5.97 Å². The van der Waals surface area contributed by atoms with E-state index in [1.54, 1.807) is 17.5 Å². The molecule has 130 valence electrons. The van der Waals surface area contributed by atoms with Crippen LogP contribution in [0.1, 0.15) is 28.3 Å². The minimum absolute atomic E-state index is 0.0414. The normalized spacial score (nSPS) is 11.6. The topological polar surface area (TPSA) is 93.9 Å². The van der Waals surface area contributed by atoms with Gasteiger partial charge in [0.15, 0.2) is 5.78 Å². The van der Waals surface area contributed by atoms with E-state index in [0.29, 0.717) is 4.88 Å². The monoisotopic (exact) mass is 371 g/mol. The average molecular weight is 371 g/mol. The van der Waals surface area contributed by atoms with E-state index in [9.17, 15) is 18.0 Å². The average Bonchev–Trinajstić information content (AvgIpc) is 3.21. The Kier molecular flexibility index (Phi) is 5.92. The van der Waals surface area contributed by atoms with E-state index in [2.05, 4.69) is 0 Å². The summed E-state index contributed by atoms with van der Waals surface area (Å²) in [6.07, 6.45) is 0.0258. The maximum Gasteiger partial charge on any atom is 0.306 e. The number of thiophene rings is 1. The second-order valence-electron chi connectivity index (χ2n) is 5.07. The third-order valence-corrected chi connectivity index (χ3v) is 5.70. The van der Waals surface area contributed by atoms with Crippen LogP contribution in [-0.4, -0.2) is 38.6 Å². The van der Waals surface area contributed by atoms with Gasteiger partial charge in [-0.05, 0) is 23.6 Å². The molecule has 9 heteroatoms. The smallest absolute Gasteiger partial charge is 0.306 e. The Morgan fingerprint density at radius 3 is 2.58 bits per heavy atom. The fourth-order valence-corrected chi connectivity index (χ4v) is 3.26. The van der Waals surface area contributed by atoms with Crippen molar-refractivity contribution < 1.29 is 27.2 Å². The number of ether oxygens (including phenoxy) is 1. The summed E-state index contributed by atoms with van der Waals surface area (Å²) in [5.41, 5.74) is 0. The Morgan fingerprint density at radius 1 is 1.21 bits per heavy atom. The van der Waals surface area contributed by atoms with E-state index in [-0.39, 0.29) is 36.1 Å². The first-order chi connectivity index (χ1) is 11.3. The Morgan fingerprint density at radius 2 is 1.96 bits per heavy atom. The predicted molar refractivity (Wildman–Crippen MR) is 87.3 cm³/mol. The van der Waals surface area contributed by atoms with Crippen LogP contribution >= 0.6 is 11.3 Å². The molecule has 0 spiro atoms. The summed E-state index contributed by atoms with van der Waals surface area (Å²) >= 11 is 1.32. The molecule has 2 rings (SSSR count). The Hall–Kier alpha value is -1.97. The van der Waals surface area contributed by atoms with Crippen LogP contribution in [0, 0.1) is 0 Å². The number of Topliss-reactive ketones (excluding diaryl/α,β-unsaturated/α-hetero) is 1. The van der Waals surface area contributed by atoms with Gasteiger partial charge in [-0.2, -0.15) is 0 Å². The Labute approximate surface area is 143 Å². The van der Waals surface area contributed by atoms with Gasteiger partial charge in [-0.15, -0.1) is 11.3 Å². The number of hydrogen-bond acceptors (Lipinski definition) is 7. The molecular formula is C15H17NO6S2. The Balaban J connectivity index is 1.82. The molecule has 2 aromatic heterocycles. The van der Waals surface area contributed by atoms with Gasteiger partial charge in [0.25, 0.3) is 10.0 Å². The molecule has 0 aliphatic rings. The summed E-state index contributed by atoms with van der Waals surface area (Å²) < 4.78 is 34.9. The van der Waals surface area contributed by atoms with Crippen LogP contribution in [-0.2, 0) is 26.2 Å². The van der Waals surface area contributed by atoms with Gasteiger partial charge in [0.1, 0.15) is 12.4 Å². The minimum atomic E-state index is -3.66. The van der Waals surface area contributed by atoms with Crippen LogP contribution in [0.2, 0.25) is 0 Å². The van der Waals surface area contributed by atoms with E-state index in [1.807, 2.05) is 0 Å². The lowest BCUT2D eigenvalue weighted by Gasteiger charge is -2.07. The molecule has 0 fully saturated rings. The van der Waals surface area contributed by atoms with E-state index < -0.39 is 16.0 Å². The molecule has 2 heterocycles. The fourth-order valence-electron chi connectivity index (χ4n) is 1.75. The van der Waals surface area contributed by atoms with E-state index >= 15 is 0 Å². The first kappa shape index (κ1) is 18.4. The summed E-state index contributed by atoms with van der Waals surface area (Å²) in [5.74, 6) is -0.444. The summed E-state index contributed by atoms with van der Waals surface area (Å²) in [6.45, 7) is -0.186. The first-order valence-corrected chi connectivity index (χ1v) is 9.36. The van der Waals surface area contributed by atoms with Gasteiger partial charge in [0.2, 0.25) is 5.09 Å². The van der Waals surface area contributed by atoms with Crippen LogP contribution in [0.4, 0.5) is 0 Å². The molecule has 0 atom stereocenters. The lowest BCUT2D eigenvalue weighted by atomic mass is 10.2. The quantitative estimate of drug-likeness (QED) is 0.522. The lowest BCUT2D eigenvalue weighted by Crippen LogP contribution is -2.21. The molecule has 2 aromatic rings. The number of sulfonamides is 1. The molecule has 0 saturated carbocycles. The number of carbonyl (C=O) groups excluding carboxylic acids is 2. The SMILES string of the molecule is CN(C)S(=O)(=O)c1ccc(COC(=O)CCC(=O)c2cccs2)o1. The number of hydrogen-bond donors (Lipinski definition) is 0. The van der Waals surface area contributed by atoms with Gasteiger partial charge in [-0.25, -0.2) is 12.7 Å². The number of carbonyl (C=O) groups is 2. The zero-order chi connectivity index (χ0) is 17.7. The van der Waals surface area contributed by atoms with Crippen molar-refractivity contribution in [1.29, 1.82) is 0 Å². The highest BCUT2D eigenvalue weighted by molar-refractivity contribution is 7.88. The molecule has 0 N–H and O–H groups in total. The number of rotatable bonds is 8. The lowest BCUT2D eigenvalue weighted by molar-refractivity contribution is -0.145. The molecule has 0 aliphatic carbocycles. The Bertz CT molecular complexity index is 805. The van der Waals surface area contributed by atoms with Crippen molar-refractivity contribution in [2.75, 3.05) is 14.1 Å². The second kappa shape index (κ2) is 7.73. The number of nitrogens with zero attached hydrogens (tertiary/aromatic N) is 1. The standard InChI is InChI=1S/C15H17NO6S2/c1-16(2)24(19,20)15-8-5-11(22-15)10-21-14(18)7-6-12(17)13-4-3-9-23-13/h3-5,8-9H,6-7,10H2,1-2H3. The van der Waals surface area contributed by atoms with Crippen LogP contribution in [0.15, 0.2) is 39.2 Å². The molecule has 7 nitrogen and oxygen atoms in total. The molecule has 0 bridgehead atoms. The second-order valence-corrected chi connectivity index (χ2v) is 8.10. The van der Waals surface area contributed by atoms with Crippen molar-refractivity contribution >= 4 is 33.1 Å². The van der Waals surface area contributed by atoms with Crippen LogP contribution < -0.4 is 0 Å². The summed E-state index contributed by atoms with van der Waals surface area (Å²) in [5, 5.41) is 1.58. The van der Waals surface area contributed by atoms with Gasteiger partial charge in [0.05, 0.1) is 11.3 Å². The fraction of sp³-hybridized carbons (Fsp3) is 0.333. The molecule has 0 aliphatic heterocycles. The zero-order valence-electron chi connectivity index (χ0n) is 13.2. The van der Waals surface area contributed by atoms with Crippen molar-refractivity contribution in [3.05, 3.63) is 40.3 Å². The van der Waals surface area contributed by atoms with Crippen molar-refractivity contribution in [1.82, 2.24) is 4.31 Å². The highest BCUT2D eigenvalue weighted by atomic mass is 32.2. The molecule has 24 heavy (non-hydrogen) atoms. The first-order valence-electron chi connectivity index (χ1n) is 7.04. The van der Waals surface area contributed by atoms with Crippen LogP contribution in [0.5, 0.6) is 0 Å². The number of furan rings is 1. The molecule has 0 aromatic carbocycles. The maximum atomic E-state index is 11.9. The molecular weight excluding hydrogens is 354 g/mol. The maximum absolute atomic E-state index is 11.9. The minimum Gasteiger partial charge on any atom is -0.457 e. The van der Waals surface area contributed by atoms with Crippen molar-refractivity contribution in [2.45, 2.75) is 24.5 Å². The highest BCUT2D eigenvalue weighted by Crippen LogP contribution is 2.18. The van der Waals surface area contributed by atoms with E-state index in [4.69, 9.17) is 9.15 Å². The predicted octanol–water partition coefficient (Wildman–Crippen LogP) is 2.30. The third-order valence-electron chi connectivity index (χ3n) is 3.10. The van der Waals surface area contributed by atoms with Crippen molar-refractivity contribution in [3.63, 3.8) is 0 Å². The zero-order valence-corrected chi connectivity index (χ0v) is 14.9. The molecule has 0 radical (unpaired) electrons. The van der Waals surface area contributed by atoms with E-state index in [1.165, 1.54) is 37.6 Å². The third kappa shape index (κ3) is 4.53. The van der Waals surface area contributed by atoms with Crippen molar-refractivity contribution in [3.8, 4) is 0 Å². The van der Waals surface area contributed by atoms with Gasteiger partial charge in [-0.3, -0.25) is 9.59 Å². The number of esters is 1. The van der Waals surface area contributed by atoms with Crippen LogP contribution in [0.25, 0.3) is 0 Å². The molecule has 0 saturated heterocycles. The number of ketones is 1.